The van der Waals surface area contributed by atoms with Crippen molar-refractivity contribution in [1.29, 1.82) is 0 Å². The van der Waals surface area contributed by atoms with E-state index in [1.54, 1.807) is 24.3 Å². The standard InChI is InChI=1S/C11H7BrO2/c12-6-7-5-10(13)8-3-1-2-4-9(8)11(7)14/h1-5H,6H2. The molecule has 2 rings (SSSR count). The van der Waals surface area contributed by atoms with Crippen molar-refractivity contribution in [2.24, 2.45) is 0 Å². The van der Waals surface area contributed by atoms with Crippen LogP contribution >= 0.6 is 15.9 Å². The number of fused-ring (bicyclic) bond motifs is 1. The second-order valence-electron chi connectivity index (χ2n) is 3.04. The third kappa shape index (κ3) is 1.34. The van der Waals surface area contributed by atoms with Gasteiger partial charge in [0.15, 0.2) is 11.6 Å². The summed E-state index contributed by atoms with van der Waals surface area (Å²) < 4.78 is 0. The minimum atomic E-state index is -0.0883. The summed E-state index contributed by atoms with van der Waals surface area (Å²) in [6.07, 6.45) is 1.40. The molecule has 0 heterocycles. The van der Waals surface area contributed by atoms with Crippen LogP contribution < -0.4 is 0 Å². The van der Waals surface area contributed by atoms with Crippen molar-refractivity contribution in [2.75, 3.05) is 5.33 Å². The SMILES string of the molecule is O=C1C=C(CBr)C(=O)c2ccccc21. The fraction of sp³-hybridized carbons (Fsp3) is 0.0909. The normalized spacial score (nSPS) is 15.1. The molecule has 0 radical (unpaired) electrons. The van der Waals surface area contributed by atoms with Crippen molar-refractivity contribution in [1.82, 2.24) is 0 Å². The topological polar surface area (TPSA) is 34.1 Å². The van der Waals surface area contributed by atoms with Gasteiger partial charge in [0.1, 0.15) is 0 Å². The van der Waals surface area contributed by atoms with E-state index in [4.69, 9.17) is 0 Å². The number of halogens is 1. The Morgan fingerprint density at radius 2 is 1.71 bits per heavy atom. The zero-order chi connectivity index (χ0) is 10.1. The van der Waals surface area contributed by atoms with Gasteiger partial charge in [-0.25, -0.2) is 0 Å². The first-order chi connectivity index (χ1) is 6.74. The minimum absolute atomic E-state index is 0.0583. The molecule has 0 bridgehead atoms. The zero-order valence-corrected chi connectivity index (χ0v) is 8.87. The molecule has 1 aliphatic carbocycles. The van der Waals surface area contributed by atoms with Crippen LogP contribution in [0.3, 0.4) is 0 Å². The molecule has 0 spiro atoms. The monoisotopic (exact) mass is 250 g/mol. The van der Waals surface area contributed by atoms with Gasteiger partial charge < -0.3 is 0 Å². The molecule has 0 N–H and O–H groups in total. The van der Waals surface area contributed by atoms with Crippen molar-refractivity contribution in [3.8, 4) is 0 Å². The van der Waals surface area contributed by atoms with E-state index < -0.39 is 0 Å². The number of alkyl halides is 1. The Hall–Kier alpha value is -1.22. The van der Waals surface area contributed by atoms with E-state index in [0.717, 1.165) is 0 Å². The zero-order valence-electron chi connectivity index (χ0n) is 7.29. The lowest BCUT2D eigenvalue weighted by Gasteiger charge is -2.12. The highest BCUT2D eigenvalue weighted by atomic mass is 79.9. The molecule has 1 aromatic carbocycles. The second-order valence-corrected chi connectivity index (χ2v) is 3.60. The second kappa shape index (κ2) is 3.50. The molecule has 0 atom stereocenters. The number of rotatable bonds is 1. The number of Topliss-reactive ketones (excluding diaryl/α,β-unsaturated/α-hetero) is 1. The van der Waals surface area contributed by atoms with Gasteiger partial charge in [-0.05, 0) is 6.08 Å². The van der Waals surface area contributed by atoms with Crippen molar-refractivity contribution in [2.45, 2.75) is 0 Å². The van der Waals surface area contributed by atoms with Gasteiger partial charge in [-0.15, -0.1) is 0 Å². The van der Waals surface area contributed by atoms with E-state index in [0.29, 0.717) is 22.0 Å². The Bertz CT molecular complexity index is 446. The van der Waals surface area contributed by atoms with Crippen molar-refractivity contribution in [3.05, 3.63) is 47.0 Å². The van der Waals surface area contributed by atoms with Gasteiger partial charge in [0.05, 0.1) is 0 Å². The van der Waals surface area contributed by atoms with Crippen molar-refractivity contribution in [3.63, 3.8) is 0 Å². The predicted octanol–water partition coefficient (Wildman–Crippen LogP) is 2.39. The molecule has 0 aromatic heterocycles. The van der Waals surface area contributed by atoms with Crippen LogP contribution in [0, 0.1) is 0 Å². The molecule has 0 saturated heterocycles. The van der Waals surface area contributed by atoms with E-state index in [2.05, 4.69) is 15.9 Å². The average molecular weight is 251 g/mol. The van der Waals surface area contributed by atoms with Crippen LogP contribution in [0.5, 0.6) is 0 Å². The lowest BCUT2D eigenvalue weighted by atomic mass is 9.90. The highest BCUT2D eigenvalue weighted by molar-refractivity contribution is 9.09. The lowest BCUT2D eigenvalue weighted by molar-refractivity contribution is 0.0985. The first-order valence-electron chi connectivity index (χ1n) is 4.18. The van der Waals surface area contributed by atoms with Gasteiger partial charge in [0.25, 0.3) is 0 Å². The molecule has 1 aromatic rings. The van der Waals surface area contributed by atoms with Crippen LogP contribution in [-0.4, -0.2) is 16.9 Å². The summed E-state index contributed by atoms with van der Waals surface area (Å²) in [4.78, 5) is 23.3. The molecule has 0 unspecified atom stereocenters. The summed E-state index contributed by atoms with van der Waals surface area (Å²) in [6.45, 7) is 0. The number of ketones is 2. The van der Waals surface area contributed by atoms with E-state index in [1.165, 1.54) is 6.08 Å². The summed E-state index contributed by atoms with van der Waals surface area (Å²) in [6, 6.07) is 6.89. The quantitative estimate of drug-likeness (QED) is 0.718. The maximum absolute atomic E-state index is 11.7. The lowest BCUT2D eigenvalue weighted by Crippen LogP contribution is -2.17. The van der Waals surface area contributed by atoms with Gasteiger partial charge in [-0.3, -0.25) is 9.59 Å². The first kappa shape index (κ1) is 9.34. The average Bonchev–Trinajstić information content (AvgIpc) is 2.23. The van der Waals surface area contributed by atoms with E-state index in [9.17, 15) is 9.59 Å². The summed E-state index contributed by atoms with van der Waals surface area (Å²) in [7, 11) is 0. The van der Waals surface area contributed by atoms with Crippen LogP contribution in [0.25, 0.3) is 0 Å². The summed E-state index contributed by atoms with van der Waals surface area (Å²) in [5.41, 5.74) is 1.53. The Morgan fingerprint density at radius 3 is 2.36 bits per heavy atom. The number of allylic oxidation sites excluding steroid dienone is 2. The van der Waals surface area contributed by atoms with Crippen LogP contribution in [0.2, 0.25) is 0 Å². The number of carbonyl (C=O) groups excluding carboxylic acids is 2. The van der Waals surface area contributed by atoms with E-state index >= 15 is 0 Å². The third-order valence-corrected chi connectivity index (χ3v) is 2.78. The molecule has 3 heteroatoms. The van der Waals surface area contributed by atoms with Gasteiger partial charge >= 0.3 is 0 Å². The molecule has 0 fully saturated rings. The Balaban J connectivity index is 2.61. The largest absolute Gasteiger partial charge is 0.289 e. The molecule has 70 valence electrons. The minimum Gasteiger partial charge on any atom is -0.289 e. The summed E-state index contributed by atoms with van der Waals surface area (Å²) in [5, 5.41) is 0.423. The van der Waals surface area contributed by atoms with Crippen LogP contribution in [0.15, 0.2) is 35.9 Å². The highest BCUT2D eigenvalue weighted by Gasteiger charge is 2.23. The molecule has 0 aliphatic heterocycles. The van der Waals surface area contributed by atoms with Crippen molar-refractivity contribution < 1.29 is 9.59 Å². The Morgan fingerprint density at radius 1 is 1.07 bits per heavy atom. The van der Waals surface area contributed by atoms with Gasteiger partial charge in [0, 0.05) is 22.0 Å². The summed E-state index contributed by atoms with van der Waals surface area (Å²) >= 11 is 3.19. The van der Waals surface area contributed by atoms with E-state index in [-0.39, 0.29) is 11.6 Å². The smallest absolute Gasteiger partial charge is 0.190 e. The number of hydrogen-bond acceptors (Lipinski definition) is 2. The molecular weight excluding hydrogens is 244 g/mol. The molecule has 0 saturated carbocycles. The van der Waals surface area contributed by atoms with Crippen LogP contribution in [0.1, 0.15) is 20.7 Å². The Labute approximate surface area is 89.8 Å². The molecular formula is C11H7BrO2. The third-order valence-electron chi connectivity index (χ3n) is 2.18. The maximum atomic E-state index is 11.7. The van der Waals surface area contributed by atoms with Crippen LogP contribution in [-0.2, 0) is 0 Å². The van der Waals surface area contributed by atoms with Gasteiger partial charge in [-0.1, -0.05) is 40.2 Å². The summed E-state index contributed by atoms with van der Waals surface area (Å²) in [5.74, 6) is -0.147. The van der Waals surface area contributed by atoms with Gasteiger partial charge in [-0.2, -0.15) is 0 Å². The fourth-order valence-electron chi connectivity index (χ4n) is 1.47. The van der Waals surface area contributed by atoms with Gasteiger partial charge in [0.2, 0.25) is 0 Å². The number of carbonyl (C=O) groups is 2. The number of benzene rings is 1. The maximum Gasteiger partial charge on any atom is 0.190 e. The van der Waals surface area contributed by atoms with E-state index in [1.807, 2.05) is 0 Å². The molecule has 14 heavy (non-hydrogen) atoms. The molecule has 2 nitrogen and oxygen atoms in total. The molecule has 0 amide bonds. The predicted molar refractivity (Wildman–Crippen MR) is 57.0 cm³/mol. The number of hydrogen-bond donors (Lipinski definition) is 0. The highest BCUT2D eigenvalue weighted by Crippen LogP contribution is 2.21. The Kier molecular flexibility index (Phi) is 2.33. The fourth-order valence-corrected chi connectivity index (χ4v) is 1.89. The van der Waals surface area contributed by atoms with Crippen LogP contribution in [0.4, 0.5) is 0 Å². The first-order valence-corrected chi connectivity index (χ1v) is 5.31. The molecule has 1 aliphatic rings. The van der Waals surface area contributed by atoms with Crippen molar-refractivity contribution >= 4 is 27.5 Å².